The quantitative estimate of drug-likeness (QED) is 0.724. The largest absolute Gasteiger partial charge is 0.399 e. The molecule has 0 radical (unpaired) electrons. The molecule has 2 aromatic heterocycles. The van der Waals surface area contributed by atoms with E-state index in [1.54, 1.807) is 18.0 Å². The second-order valence-electron chi connectivity index (χ2n) is 3.92. The van der Waals surface area contributed by atoms with Crippen molar-refractivity contribution in [2.24, 2.45) is 0 Å². The summed E-state index contributed by atoms with van der Waals surface area (Å²) < 4.78 is 1.06. The van der Waals surface area contributed by atoms with Crippen molar-refractivity contribution in [1.82, 2.24) is 4.98 Å². The molecule has 0 saturated heterocycles. The molecule has 0 atom stereocenters. The molecule has 0 bridgehead atoms. The highest BCUT2D eigenvalue weighted by Gasteiger charge is 2.08. The first-order chi connectivity index (χ1) is 9.26. The second kappa shape index (κ2) is 4.92. The number of anilines is 1. The van der Waals surface area contributed by atoms with E-state index in [1.165, 1.54) is 11.3 Å². The summed E-state index contributed by atoms with van der Waals surface area (Å²) in [6, 6.07) is 13.7. The molecule has 0 saturated carbocycles. The molecule has 0 spiro atoms. The number of benzene rings is 1. The minimum absolute atomic E-state index is 0.688. The first-order valence-corrected chi connectivity index (χ1v) is 7.21. The predicted molar refractivity (Wildman–Crippen MR) is 79.3 cm³/mol. The van der Waals surface area contributed by atoms with Crippen LogP contribution in [-0.4, -0.2) is 4.98 Å². The normalized spacial score (nSPS) is 10.5. The Morgan fingerprint density at radius 2 is 2.00 bits per heavy atom. The van der Waals surface area contributed by atoms with E-state index in [0.717, 1.165) is 25.7 Å². The van der Waals surface area contributed by atoms with Crippen LogP contribution in [-0.2, 0) is 0 Å². The summed E-state index contributed by atoms with van der Waals surface area (Å²) in [4.78, 5) is 7.21. The smallest absolute Gasteiger partial charge is 0.110 e. The summed E-state index contributed by atoms with van der Waals surface area (Å²) in [5.41, 5.74) is 7.31. The highest BCUT2D eigenvalue weighted by molar-refractivity contribution is 7.99. The van der Waals surface area contributed by atoms with Gasteiger partial charge in [0.15, 0.2) is 0 Å². The fourth-order valence-electron chi connectivity index (χ4n) is 1.71. The molecule has 1 aromatic carbocycles. The molecule has 3 nitrogen and oxygen atoms in total. The summed E-state index contributed by atoms with van der Waals surface area (Å²) in [6.07, 6.45) is 1.77. The molecule has 0 aliphatic heterocycles. The zero-order valence-corrected chi connectivity index (χ0v) is 11.5. The molecule has 3 aromatic rings. The molecular formula is C14H9N3S2. The van der Waals surface area contributed by atoms with Crippen LogP contribution < -0.4 is 5.73 Å². The molecule has 0 unspecified atom stereocenters. The van der Waals surface area contributed by atoms with Gasteiger partial charge in [-0.15, -0.1) is 11.3 Å². The first-order valence-electron chi connectivity index (χ1n) is 5.58. The summed E-state index contributed by atoms with van der Waals surface area (Å²) in [6.45, 7) is 0. The number of pyridine rings is 1. The Balaban J connectivity index is 2.03. The Labute approximate surface area is 118 Å². The van der Waals surface area contributed by atoms with Gasteiger partial charge in [0.1, 0.15) is 10.9 Å². The van der Waals surface area contributed by atoms with Gasteiger partial charge in [0.2, 0.25) is 0 Å². The van der Waals surface area contributed by atoms with Gasteiger partial charge in [0, 0.05) is 21.7 Å². The van der Waals surface area contributed by atoms with Gasteiger partial charge >= 0.3 is 0 Å². The lowest BCUT2D eigenvalue weighted by molar-refractivity contribution is 1.36. The molecule has 2 heterocycles. The molecule has 2 N–H and O–H groups in total. The Morgan fingerprint density at radius 1 is 1.21 bits per heavy atom. The zero-order valence-electron chi connectivity index (χ0n) is 9.83. The number of aromatic nitrogens is 1. The van der Waals surface area contributed by atoms with Crippen molar-refractivity contribution >= 4 is 39.0 Å². The van der Waals surface area contributed by atoms with Gasteiger partial charge in [0.25, 0.3) is 0 Å². The van der Waals surface area contributed by atoms with Crippen LogP contribution in [0.5, 0.6) is 0 Å². The standard InChI is InChI=1S/C14H9N3S2/c15-8-11-7-12-14(19-11)13(5-6-17-12)18-10-3-1-9(16)2-4-10/h1-7H,16H2. The lowest BCUT2D eigenvalue weighted by Gasteiger charge is -2.03. The van der Waals surface area contributed by atoms with E-state index in [9.17, 15) is 0 Å². The summed E-state index contributed by atoms with van der Waals surface area (Å²) in [5, 5.41) is 8.96. The van der Waals surface area contributed by atoms with Crippen molar-refractivity contribution in [2.75, 3.05) is 5.73 Å². The lowest BCUT2D eigenvalue weighted by atomic mass is 10.3. The zero-order chi connectivity index (χ0) is 13.2. The van der Waals surface area contributed by atoms with Crippen LogP contribution in [0.2, 0.25) is 0 Å². The Kier molecular flexibility index (Phi) is 3.11. The van der Waals surface area contributed by atoms with Crippen LogP contribution in [0.1, 0.15) is 4.88 Å². The molecule has 5 heteroatoms. The molecule has 19 heavy (non-hydrogen) atoms. The number of hydrogen-bond acceptors (Lipinski definition) is 5. The fraction of sp³-hybridized carbons (Fsp3) is 0. The number of fused-ring (bicyclic) bond motifs is 1. The van der Waals surface area contributed by atoms with Crippen LogP contribution in [0, 0.1) is 11.3 Å². The summed E-state index contributed by atoms with van der Waals surface area (Å²) >= 11 is 3.13. The Hall–Kier alpha value is -2.03. The molecular weight excluding hydrogens is 274 g/mol. The highest BCUT2D eigenvalue weighted by atomic mass is 32.2. The lowest BCUT2D eigenvalue weighted by Crippen LogP contribution is -1.82. The number of nitrogen functional groups attached to an aromatic ring is 1. The van der Waals surface area contributed by atoms with E-state index in [2.05, 4.69) is 11.1 Å². The Bertz CT molecular complexity index is 769. The summed E-state index contributed by atoms with van der Waals surface area (Å²) in [7, 11) is 0. The van der Waals surface area contributed by atoms with Crippen molar-refractivity contribution in [3.05, 3.63) is 47.5 Å². The van der Waals surface area contributed by atoms with Crippen LogP contribution in [0.4, 0.5) is 5.69 Å². The number of rotatable bonds is 2. The molecule has 0 amide bonds. The average molecular weight is 283 g/mol. The van der Waals surface area contributed by atoms with Crippen LogP contribution in [0.15, 0.2) is 52.4 Å². The summed E-state index contributed by atoms with van der Waals surface area (Å²) in [5.74, 6) is 0. The van der Waals surface area contributed by atoms with Gasteiger partial charge in [-0.1, -0.05) is 11.8 Å². The fourth-order valence-corrected chi connectivity index (χ4v) is 3.64. The maximum Gasteiger partial charge on any atom is 0.110 e. The van der Waals surface area contributed by atoms with Crippen molar-refractivity contribution in [1.29, 1.82) is 5.26 Å². The van der Waals surface area contributed by atoms with E-state index < -0.39 is 0 Å². The minimum atomic E-state index is 0.688. The van der Waals surface area contributed by atoms with Gasteiger partial charge in [0.05, 0.1) is 10.2 Å². The van der Waals surface area contributed by atoms with Gasteiger partial charge in [-0.05, 0) is 36.4 Å². The van der Waals surface area contributed by atoms with E-state index in [4.69, 9.17) is 11.0 Å². The maximum atomic E-state index is 8.96. The number of nitrogens with zero attached hydrogens (tertiary/aromatic N) is 2. The van der Waals surface area contributed by atoms with Gasteiger partial charge in [-0.25, -0.2) is 0 Å². The Morgan fingerprint density at radius 3 is 2.74 bits per heavy atom. The van der Waals surface area contributed by atoms with Crippen LogP contribution in [0.3, 0.4) is 0 Å². The third-order valence-corrected chi connectivity index (χ3v) is 4.85. The van der Waals surface area contributed by atoms with Gasteiger partial charge in [-0.2, -0.15) is 5.26 Å². The van der Waals surface area contributed by atoms with Crippen LogP contribution >= 0.6 is 23.1 Å². The molecule has 0 aliphatic rings. The van der Waals surface area contributed by atoms with E-state index >= 15 is 0 Å². The van der Waals surface area contributed by atoms with E-state index in [-0.39, 0.29) is 0 Å². The SMILES string of the molecule is N#Cc1cc2nccc(Sc3ccc(N)cc3)c2s1. The first kappa shape index (κ1) is 12.0. The van der Waals surface area contributed by atoms with E-state index in [1.807, 2.05) is 36.4 Å². The van der Waals surface area contributed by atoms with E-state index in [0.29, 0.717) is 4.88 Å². The molecule has 0 aliphatic carbocycles. The number of thiophene rings is 1. The number of hydrogen-bond donors (Lipinski definition) is 1. The minimum Gasteiger partial charge on any atom is -0.399 e. The molecule has 0 fully saturated rings. The predicted octanol–water partition coefficient (Wildman–Crippen LogP) is 3.90. The second-order valence-corrected chi connectivity index (χ2v) is 6.08. The van der Waals surface area contributed by atoms with Gasteiger partial charge in [-0.3, -0.25) is 4.98 Å². The highest BCUT2D eigenvalue weighted by Crippen LogP contribution is 2.36. The monoisotopic (exact) mass is 283 g/mol. The average Bonchev–Trinajstić information content (AvgIpc) is 2.85. The maximum absolute atomic E-state index is 8.96. The third kappa shape index (κ3) is 2.41. The molecule has 3 rings (SSSR count). The van der Waals surface area contributed by atoms with Crippen molar-refractivity contribution in [2.45, 2.75) is 9.79 Å². The van der Waals surface area contributed by atoms with Crippen molar-refractivity contribution in [3.8, 4) is 6.07 Å². The topological polar surface area (TPSA) is 62.7 Å². The number of nitrogens with two attached hydrogens (primary N) is 1. The third-order valence-electron chi connectivity index (χ3n) is 2.59. The van der Waals surface area contributed by atoms with Gasteiger partial charge < -0.3 is 5.73 Å². The molecule has 92 valence electrons. The van der Waals surface area contributed by atoms with Crippen molar-refractivity contribution < 1.29 is 0 Å². The number of nitriles is 1. The van der Waals surface area contributed by atoms with Crippen LogP contribution in [0.25, 0.3) is 10.2 Å². The van der Waals surface area contributed by atoms with Crippen molar-refractivity contribution in [3.63, 3.8) is 0 Å².